The predicted molar refractivity (Wildman–Crippen MR) is 90.0 cm³/mol. The second-order valence-corrected chi connectivity index (χ2v) is 6.66. The molecule has 0 heterocycles. The maximum absolute atomic E-state index is 6.35. The standard InChI is InChI=1S/C19H31NO/c1-4-17(20)13-16-11-14(2)19(15(3)12-16)21-18-9-7-5-6-8-10-18/h11-12,17-18H,4-10,13,20H2,1-3H3. The van der Waals surface area contributed by atoms with Crippen LogP contribution in [0.15, 0.2) is 12.1 Å². The van der Waals surface area contributed by atoms with Crippen molar-refractivity contribution >= 4 is 0 Å². The SMILES string of the molecule is CCC(N)Cc1cc(C)c(OC2CCCCCC2)c(C)c1. The third-order valence-corrected chi connectivity index (χ3v) is 4.63. The molecule has 0 aliphatic heterocycles. The Bertz CT molecular complexity index is 424. The zero-order valence-electron chi connectivity index (χ0n) is 14.0. The summed E-state index contributed by atoms with van der Waals surface area (Å²) in [5.74, 6) is 1.11. The van der Waals surface area contributed by atoms with Crippen molar-refractivity contribution in [1.82, 2.24) is 0 Å². The second-order valence-electron chi connectivity index (χ2n) is 6.66. The molecule has 2 nitrogen and oxygen atoms in total. The van der Waals surface area contributed by atoms with E-state index in [1.165, 1.54) is 55.2 Å². The van der Waals surface area contributed by atoms with Gasteiger partial charge in [0.25, 0.3) is 0 Å². The maximum Gasteiger partial charge on any atom is 0.125 e. The van der Waals surface area contributed by atoms with Gasteiger partial charge in [-0.3, -0.25) is 0 Å². The van der Waals surface area contributed by atoms with Crippen LogP contribution < -0.4 is 10.5 Å². The Morgan fingerprint density at radius 1 is 1.10 bits per heavy atom. The van der Waals surface area contributed by atoms with E-state index in [-0.39, 0.29) is 6.04 Å². The van der Waals surface area contributed by atoms with Gasteiger partial charge in [0, 0.05) is 6.04 Å². The van der Waals surface area contributed by atoms with E-state index in [0.29, 0.717) is 6.10 Å². The van der Waals surface area contributed by atoms with Gasteiger partial charge in [-0.2, -0.15) is 0 Å². The van der Waals surface area contributed by atoms with Crippen LogP contribution in [-0.4, -0.2) is 12.1 Å². The number of ether oxygens (including phenoxy) is 1. The molecule has 1 unspecified atom stereocenters. The Morgan fingerprint density at radius 3 is 2.19 bits per heavy atom. The summed E-state index contributed by atoms with van der Waals surface area (Å²) < 4.78 is 6.35. The zero-order valence-corrected chi connectivity index (χ0v) is 14.0. The van der Waals surface area contributed by atoms with Crippen LogP contribution in [0.1, 0.15) is 68.6 Å². The van der Waals surface area contributed by atoms with Gasteiger partial charge in [-0.05, 0) is 69.1 Å². The summed E-state index contributed by atoms with van der Waals surface area (Å²) in [7, 11) is 0. The Kier molecular flexibility index (Phi) is 6.10. The molecule has 1 saturated carbocycles. The highest BCUT2D eigenvalue weighted by Gasteiger charge is 2.16. The molecular weight excluding hydrogens is 258 g/mol. The zero-order chi connectivity index (χ0) is 15.2. The molecule has 2 rings (SSSR count). The highest BCUT2D eigenvalue weighted by Crippen LogP contribution is 2.29. The number of benzene rings is 1. The third-order valence-electron chi connectivity index (χ3n) is 4.63. The van der Waals surface area contributed by atoms with Gasteiger partial charge in [0.05, 0.1) is 6.10 Å². The fourth-order valence-corrected chi connectivity index (χ4v) is 3.32. The molecule has 0 aromatic heterocycles. The molecule has 1 aromatic carbocycles. The first-order valence-corrected chi connectivity index (χ1v) is 8.62. The van der Waals surface area contributed by atoms with Gasteiger partial charge in [0.15, 0.2) is 0 Å². The molecule has 1 atom stereocenters. The van der Waals surface area contributed by atoms with Gasteiger partial charge in [-0.25, -0.2) is 0 Å². The minimum Gasteiger partial charge on any atom is -0.490 e. The third kappa shape index (κ3) is 4.74. The van der Waals surface area contributed by atoms with E-state index in [1.54, 1.807) is 0 Å². The molecule has 0 bridgehead atoms. The number of nitrogens with two attached hydrogens (primary N) is 1. The molecule has 118 valence electrons. The first-order valence-electron chi connectivity index (χ1n) is 8.62. The Morgan fingerprint density at radius 2 is 1.67 bits per heavy atom. The molecule has 1 aromatic rings. The van der Waals surface area contributed by atoms with Crippen molar-refractivity contribution in [2.45, 2.75) is 84.3 Å². The number of aryl methyl sites for hydroxylation is 2. The smallest absolute Gasteiger partial charge is 0.125 e. The van der Waals surface area contributed by atoms with Gasteiger partial charge >= 0.3 is 0 Å². The average Bonchev–Trinajstić information content (AvgIpc) is 2.71. The van der Waals surface area contributed by atoms with Gasteiger partial charge in [0.2, 0.25) is 0 Å². The van der Waals surface area contributed by atoms with Crippen molar-refractivity contribution in [3.05, 3.63) is 28.8 Å². The topological polar surface area (TPSA) is 35.2 Å². The Balaban J connectivity index is 2.09. The highest BCUT2D eigenvalue weighted by atomic mass is 16.5. The van der Waals surface area contributed by atoms with Crippen LogP contribution in [-0.2, 0) is 6.42 Å². The minimum atomic E-state index is 0.262. The van der Waals surface area contributed by atoms with Crippen molar-refractivity contribution in [1.29, 1.82) is 0 Å². The quantitative estimate of drug-likeness (QED) is 0.798. The maximum atomic E-state index is 6.35. The molecule has 2 N–H and O–H groups in total. The lowest BCUT2D eigenvalue weighted by Gasteiger charge is -2.21. The van der Waals surface area contributed by atoms with Gasteiger partial charge in [0.1, 0.15) is 5.75 Å². The highest BCUT2D eigenvalue weighted by molar-refractivity contribution is 5.43. The van der Waals surface area contributed by atoms with Gasteiger partial charge in [-0.1, -0.05) is 31.9 Å². The van der Waals surface area contributed by atoms with E-state index >= 15 is 0 Å². The van der Waals surface area contributed by atoms with Crippen LogP contribution in [0, 0.1) is 13.8 Å². The first-order chi connectivity index (χ1) is 10.1. The summed E-state index contributed by atoms with van der Waals surface area (Å²) >= 11 is 0. The summed E-state index contributed by atoms with van der Waals surface area (Å²) in [4.78, 5) is 0. The molecule has 21 heavy (non-hydrogen) atoms. The van der Waals surface area contributed by atoms with E-state index in [4.69, 9.17) is 10.5 Å². The van der Waals surface area contributed by atoms with Crippen LogP contribution in [0.2, 0.25) is 0 Å². The first kappa shape index (κ1) is 16.4. The molecule has 1 fully saturated rings. The van der Waals surface area contributed by atoms with Gasteiger partial charge < -0.3 is 10.5 Å². The molecule has 0 spiro atoms. The van der Waals surface area contributed by atoms with Crippen LogP contribution >= 0.6 is 0 Å². The molecule has 0 radical (unpaired) electrons. The average molecular weight is 289 g/mol. The van der Waals surface area contributed by atoms with Gasteiger partial charge in [-0.15, -0.1) is 0 Å². The predicted octanol–water partition coefficient (Wildman–Crippen LogP) is 4.68. The molecule has 1 aliphatic carbocycles. The largest absolute Gasteiger partial charge is 0.490 e. The van der Waals surface area contributed by atoms with E-state index in [0.717, 1.165) is 18.6 Å². The fourth-order valence-electron chi connectivity index (χ4n) is 3.32. The van der Waals surface area contributed by atoms with E-state index in [1.807, 2.05) is 0 Å². The van der Waals surface area contributed by atoms with Crippen LogP contribution in [0.4, 0.5) is 0 Å². The van der Waals surface area contributed by atoms with Crippen molar-refractivity contribution < 1.29 is 4.74 Å². The number of hydrogen-bond acceptors (Lipinski definition) is 2. The summed E-state index contributed by atoms with van der Waals surface area (Å²) in [6.45, 7) is 6.48. The monoisotopic (exact) mass is 289 g/mol. The summed E-state index contributed by atoms with van der Waals surface area (Å²) in [6.07, 6.45) is 10.2. The lowest BCUT2D eigenvalue weighted by molar-refractivity contribution is 0.181. The summed E-state index contributed by atoms with van der Waals surface area (Å²) in [5.41, 5.74) is 9.94. The van der Waals surface area contributed by atoms with E-state index in [9.17, 15) is 0 Å². The number of hydrogen-bond donors (Lipinski definition) is 1. The Labute approximate surface area is 130 Å². The second kappa shape index (κ2) is 7.84. The molecule has 1 aliphatic rings. The van der Waals surface area contributed by atoms with Crippen molar-refractivity contribution in [2.24, 2.45) is 5.73 Å². The lowest BCUT2D eigenvalue weighted by atomic mass is 9.99. The fraction of sp³-hybridized carbons (Fsp3) is 0.684. The molecular formula is C19H31NO. The molecule has 0 saturated heterocycles. The van der Waals surface area contributed by atoms with Crippen LogP contribution in [0.25, 0.3) is 0 Å². The Hall–Kier alpha value is -1.02. The van der Waals surface area contributed by atoms with Crippen molar-refractivity contribution in [3.8, 4) is 5.75 Å². The van der Waals surface area contributed by atoms with Crippen molar-refractivity contribution in [2.75, 3.05) is 0 Å². The van der Waals surface area contributed by atoms with E-state index < -0.39 is 0 Å². The van der Waals surface area contributed by atoms with Crippen molar-refractivity contribution in [3.63, 3.8) is 0 Å². The number of rotatable bonds is 5. The van der Waals surface area contributed by atoms with Crippen LogP contribution in [0.5, 0.6) is 5.75 Å². The minimum absolute atomic E-state index is 0.262. The lowest BCUT2D eigenvalue weighted by Crippen LogP contribution is -2.21. The van der Waals surface area contributed by atoms with E-state index in [2.05, 4.69) is 32.9 Å². The summed E-state index contributed by atoms with van der Waals surface area (Å²) in [5, 5.41) is 0. The van der Waals surface area contributed by atoms with Crippen LogP contribution in [0.3, 0.4) is 0 Å². The molecule has 0 amide bonds. The summed E-state index contributed by atoms with van der Waals surface area (Å²) in [6, 6.07) is 4.78. The molecule has 2 heteroatoms. The normalized spacial score (nSPS) is 18.3.